The van der Waals surface area contributed by atoms with E-state index in [0.717, 1.165) is 0 Å². The third kappa shape index (κ3) is 3.05. The zero-order valence-corrected chi connectivity index (χ0v) is 11.5. The van der Waals surface area contributed by atoms with Gasteiger partial charge < -0.3 is 19.6 Å². The van der Waals surface area contributed by atoms with Crippen LogP contribution in [-0.4, -0.2) is 13.7 Å². The lowest BCUT2D eigenvalue weighted by molar-refractivity contribution is 0.258. The van der Waals surface area contributed by atoms with E-state index in [1.54, 1.807) is 13.2 Å². The number of ether oxygens (including phenoxy) is 2. The Kier molecular flexibility index (Phi) is 4.28. The summed E-state index contributed by atoms with van der Waals surface area (Å²) in [6, 6.07) is 10.7. The number of halogens is 1. The van der Waals surface area contributed by atoms with Crippen LogP contribution < -0.4 is 15.2 Å². The van der Waals surface area contributed by atoms with Crippen LogP contribution in [0, 0.1) is 0 Å². The molecular formula is C13H14BrNO3. The Labute approximate surface area is 114 Å². The molecule has 1 aromatic carbocycles. The molecule has 1 aromatic heterocycles. The summed E-state index contributed by atoms with van der Waals surface area (Å²) in [6.07, 6.45) is 0. The minimum atomic E-state index is -0.318. The molecule has 0 fully saturated rings. The molecule has 0 aliphatic rings. The van der Waals surface area contributed by atoms with Crippen LogP contribution in [0.4, 0.5) is 0 Å². The second-order valence-electron chi connectivity index (χ2n) is 3.71. The number of hydrogen-bond acceptors (Lipinski definition) is 4. The van der Waals surface area contributed by atoms with Gasteiger partial charge in [-0.1, -0.05) is 12.1 Å². The monoisotopic (exact) mass is 311 g/mol. The normalized spacial score (nSPS) is 12.2. The van der Waals surface area contributed by atoms with Crippen LogP contribution >= 0.6 is 15.9 Å². The molecule has 2 aromatic rings. The first kappa shape index (κ1) is 13.0. The lowest BCUT2D eigenvalue weighted by atomic mass is 10.2. The zero-order chi connectivity index (χ0) is 13.0. The molecule has 18 heavy (non-hydrogen) atoms. The van der Waals surface area contributed by atoms with Crippen LogP contribution in [0.15, 0.2) is 45.5 Å². The van der Waals surface area contributed by atoms with Gasteiger partial charge in [-0.15, -0.1) is 0 Å². The third-order valence-electron chi connectivity index (χ3n) is 2.45. The fourth-order valence-corrected chi connectivity index (χ4v) is 1.85. The number of hydrogen-bond donors (Lipinski definition) is 1. The van der Waals surface area contributed by atoms with E-state index in [2.05, 4.69) is 15.9 Å². The largest absolute Gasteiger partial charge is 0.493 e. The molecule has 0 aliphatic heterocycles. The molecule has 1 unspecified atom stereocenters. The Morgan fingerprint density at radius 1 is 1.22 bits per heavy atom. The lowest BCUT2D eigenvalue weighted by Crippen LogP contribution is -2.18. The van der Waals surface area contributed by atoms with Gasteiger partial charge in [-0.2, -0.15) is 0 Å². The molecule has 2 rings (SSSR count). The number of benzene rings is 1. The van der Waals surface area contributed by atoms with Crippen molar-refractivity contribution in [3.8, 4) is 11.5 Å². The summed E-state index contributed by atoms with van der Waals surface area (Å²) in [6.45, 7) is 0.320. The van der Waals surface area contributed by atoms with E-state index in [-0.39, 0.29) is 6.04 Å². The molecule has 0 saturated heterocycles. The van der Waals surface area contributed by atoms with Gasteiger partial charge in [-0.3, -0.25) is 0 Å². The molecule has 2 N–H and O–H groups in total. The van der Waals surface area contributed by atoms with Gasteiger partial charge in [0.25, 0.3) is 0 Å². The van der Waals surface area contributed by atoms with Gasteiger partial charge in [0.1, 0.15) is 12.4 Å². The van der Waals surface area contributed by atoms with Gasteiger partial charge in [-0.25, -0.2) is 0 Å². The average molecular weight is 312 g/mol. The van der Waals surface area contributed by atoms with Crippen molar-refractivity contribution >= 4 is 15.9 Å². The molecule has 0 aliphatic carbocycles. The Bertz CT molecular complexity index is 512. The van der Waals surface area contributed by atoms with Gasteiger partial charge >= 0.3 is 0 Å². The van der Waals surface area contributed by atoms with E-state index in [9.17, 15) is 0 Å². The van der Waals surface area contributed by atoms with Crippen molar-refractivity contribution in [3.05, 3.63) is 46.8 Å². The Balaban J connectivity index is 1.99. The highest BCUT2D eigenvalue weighted by molar-refractivity contribution is 9.10. The number of rotatable bonds is 5. The molecule has 96 valence electrons. The fourth-order valence-electron chi connectivity index (χ4n) is 1.53. The predicted molar refractivity (Wildman–Crippen MR) is 71.8 cm³/mol. The summed E-state index contributed by atoms with van der Waals surface area (Å²) in [7, 11) is 1.60. The number of furan rings is 1. The smallest absolute Gasteiger partial charge is 0.169 e. The van der Waals surface area contributed by atoms with Crippen LogP contribution in [0.1, 0.15) is 11.8 Å². The van der Waals surface area contributed by atoms with Crippen molar-refractivity contribution in [1.29, 1.82) is 0 Å². The van der Waals surface area contributed by atoms with E-state index in [0.29, 0.717) is 28.5 Å². The van der Waals surface area contributed by atoms with Crippen LogP contribution in [0.25, 0.3) is 0 Å². The first-order valence-electron chi connectivity index (χ1n) is 5.47. The summed E-state index contributed by atoms with van der Waals surface area (Å²) in [5.74, 6) is 2.03. The van der Waals surface area contributed by atoms with Gasteiger partial charge in [0.2, 0.25) is 0 Å². The lowest BCUT2D eigenvalue weighted by Gasteiger charge is -2.13. The first-order valence-corrected chi connectivity index (χ1v) is 6.26. The highest BCUT2D eigenvalue weighted by Gasteiger charge is 2.12. The van der Waals surface area contributed by atoms with Crippen LogP contribution in [0.2, 0.25) is 0 Å². The number of nitrogens with two attached hydrogens (primary N) is 1. The summed E-state index contributed by atoms with van der Waals surface area (Å²) < 4.78 is 16.8. The minimum absolute atomic E-state index is 0.318. The summed E-state index contributed by atoms with van der Waals surface area (Å²) >= 11 is 3.24. The molecule has 0 amide bonds. The third-order valence-corrected chi connectivity index (χ3v) is 2.87. The van der Waals surface area contributed by atoms with Gasteiger partial charge in [-0.05, 0) is 40.2 Å². The molecule has 0 spiro atoms. The topological polar surface area (TPSA) is 57.6 Å². The molecular weight excluding hydrogens is 298 g/mol. The predicted octanol–water partition coefficient (Wildman–Crippen LogP) is 3.13. The van der Waals surface area contributed by atoms with Gasteiger partial charge in [0, 0.05) is 0 Å². The Hall–Kier alpha value is -1.46. The average Bonchev–Trinajstić information content (AvgIpc) is 2.83. The zero-order valence-electron chi connectivity index (χ0n) is 9.93. The number of para-hydroxylation sites is 2. The molecule has 1 atom stereocenters. The summed E-state index contributed by atoms with van der Waals surface area (Å²) in [5.41, 5.74) is 5.97. The minimum Gasteiger partial charge on any atom is -0.493 e. The van der Waals surface area contributed by atoms with Crippen LogP contribution in [-0.2, 0) is 0 Å². The summed E-state index contributed by atoms with van der Waals surface area (Å²) in [5, 5.41) is 0. The van der Waals surface area contributed by atoms with E-state index < -0.39 is 0 Å². The quantitative estimate of drug-likeness (QED) is 0.921. The second kappa shape index (κ2) is 5.93. The Morgan fingerprint density at radius 2 is 1.94 bits per heavy atom. The molecule has 0 radical (unpaired) electrons. The molecule has 1 heterocycles. The van der Waals surface area contributed by atoms with Crippen LogP contribution in [0.3, 0.4) is 0 Å². The first-order chi connectivity index (χ1) is 8.70. The van der Waals surface area contributed by atoms with E-state index in [1.165, 1.54) is 0 Å². The standard InChI is InChI=1S/C13H14BrNO3/c1-16-11-4-2-3-5-12(11)17-8-9(15)10-6-7-13(14)18-10/h2-7,9H,8,15H2,1H3. The molecule has 0 saturated carbocycles. The Morgan fingerprint density at radius 3 is 2.56 bits per heavy atom. The maximum Gasteiger partial charge on any atom is 0.169 e. The van der Waals surface area contributed by atoms with Crippen LogP contribution in [0.5, 0.6) is 11.5 Å². The molecule has 0 bridgehead atoms. The van der Waals surface area contributed by atoms with Gasteiger partial charge in [0.15, 0.2) is 16.2 Å². The highest BCUT2D eigenvalue weighted by Crippen LogP contribution is 2.27. The second-order valence-corrected chi connectivity index (χ2v) is 4.49. The van der Waals surface area contributed by atoms with Crippen molar-refractivity contribution in [2.45, 2.75) is 6.04 Å². The molecule has 5 heteroatoms. The van der Waals surface area contributed by atoms with Crippen molar-refractivity contribution in [2.24, 2.45) is 5.73 Å². The fraction of sp³-hybridized carbons (Fsp3) is 0.231. The number of methoxy groups -OCH3 is 1. The van der Waals surface area contributed by atoms with E-state index >= 15 is 0 Å². The van der Waals surface area contributed by atoms with Crippen molar-refractivity contribution < 1.29 is 13.9 Å². The SMILES string of the molecule is COc1ccccc1OCC(N)c1ccc(Br)o1. The summed E-state index contributed by atoms with van der Waals surface area (Å²) in [4.78, 5) is 0. The highest BCUT2D eigenvalue weighted by atomic mass is 79.9. The molecule has 4 nitrogen and oxygen atoms in total. The van der Waals surface area contributed by atoms with E-state index in [1.807, 2.05) is 30.3 Å². The van der Waals surface area contributed by atoms with Crippen molar-refractivity contribution in [1.82, 2.24) is 0 Å². The maximum absolute atomic E-state index is 5.97. The maximum atomic E-state index is 5.97. The van der Waals surface area contributed by atoms with Crippen molar-refractivity contribution in [2.75, 3.05) is 13.7 Å². The van der Waals surface area contributed by atoms with Gasteiger partial charge in [0.05, 0.1) is 13.2 Å². The van der Waals surface area contributed by atoms with E-state index in [4.69, 9.17) is 19.6 Å². The van der Waals surface area contributed by atoms with Crippen molar-refractivity contribution in [3.63, 3.8) is 0 Å².